The van der Waals surface area contributed by atoms with E-state index in [-0.39, 0.29) is 39.9 Å². The topological polar surface area (TPSA) is 149 Å². The molecule has 3 aromatic carbocycles. The molecule has 6 rings (SSSR count). The van der Waals surface area contributed by atoms with Gasteiger partial charge in [0.25, 0.3) is 0 Å². The van der Waals surface area contributed by atoms with Gasteiger partial charge in [-0.05, 0) is 81.3 Å². The Morgan fingerprint density at radius 1 is 0.711 bits per heavy atom. The van der Waals surface area contributed by atoms with Gasteiger partial charge in [0.2, 0.25) is 0 Å². The molecule has 4 aromatic rings. The summed E-state index contributed by atoms with van der Waals surface area (Å²) in [7, 11) is 0. The van der Waals surface area contributed by atoms with E-state index in [2.05, 4.69) is 10.3 Å². The van der Waals surface area contributed by atoms with E-state index in [9.17, 15) is 30.6 Å². The van der Waals surface area contributed by atoms with Crippen LogP contribution in [0, 0.1) is 27.7 Å². The minimum atomic E-state index is -0.475. The lowest BCUT2D eigenvalue weighted by molar-refractivity contribution is 0.396. The summed E-state index contributed by atoms with van der Waals surface area (Å²) in [6.07, 6.45) is 2.96. The number of rotatable bonds is 2. The highest BCUT2D eigenvalue weighted by Gasteiger charge is 2.35. The van der Waals surface area contributed by atoms with Crippen molar-refractivity contribution in [3.63, 3.8) is 0 Å². The highest BCUT2D eigenvalue weighted by atomic mass is 16.3. The quantitative estimate of drug-likeness (QED) is 0.121. The van der Waals surface area contributed by atoms with E-state index in [1.165, 1.54) is 0 Å². The van der Waals surface area contributed by atoms with Crippen LogP contribution in [0.15, 0.2) is 11.6 Å². The zero-order valence-electron chi connectivity index (χ0n) is 21.8. The van der Waals surface area contributed by atoms with Crippen LogP contribution in [0.4, 0.5) is 5.69 Å². The van der Waals surface area contributed by atoms with Gasteiger partial charge in [-0.15, -0.1) is 0 Å². The molecule has 1 atom stereocenters. The first kappa shape index (κ1) is 23.9. The number of benzene rings is 3. The van der Waals surface area contributed by atoms with Gasteiger partial charge >= 0.3 is 0 Å². The van der Waals surface area contributed by atoms with Crippen LogP contribution in [0.3, 0.4) is 0 Å². The third-order valence-corrected chi connectivity index (χ3v) is 8.31. The average molecular weight is 515 g/mol. The molecule has 0 saturated heterocycles. The van der Waals surface area contributed by atoms with Crippen molar-refractivity contribution >= 4 is 22.7 Å². The fourth-order valence-electron chi connectivity index (χ4n) is 6.30. The third-order valence-electron chi connectivity index (χ3n) is 8.31. The lowest BCUT2D eigenvalue weighted by Crippen LogP contribution is -2.08. The Bertz CT molecular complexity index is 1730. The van der Waals surface area contributed by atoms with Gasteiger partial charge in [0.1, 0.15) is 0 Å². The Balaban J connectivity index is 1.63. The van der Waals surface area contributed by atoms with E-state index in [1.807, 2.05) is 26.0 Å². The predicted octanol–water partition coefficient (Wildman–Crippen LogP) is 5.97. The molecule has 8 nitrogen and oxygen atoms in total. The maximum Gasteiger partial charge on any atom is 0.166 e. The van der Waals surface area contributed by atoms with Gasteiger partial charge in [0.15, 0.2) is 34.5 Å². The number of phenolic OH excluding ortho intramolecular Hbond substituents is 6. The summed E-state index contributed by atoms with van der Waals surface area (Å²) < 4.78 is 0. The molecular weight excluding hydrogens is 484 g/mol. The largest absolute Gasteiger partial charge is 0.504 e. The highest BCUT2D eigenvalue weighted by molar-refractivity contribution is 6.07. The van der Waals surface area contributed by atoms with Gasteiger partial charge in [-0.1, -0.05) is 11.6 Å². The van der Waals surface area contributed by atoms with Crippen LogP contribution in [0.1, 0.15) is 57.6 Å². The van der Waals surface area contributed by atoms with Crippen molar-refractivity contribution in [2.75, 3.05) is 5.32 Å². The fourth-order valence-corrected chi connectivity index (χ4v) is 6.30. The maximum atomic E-state index is 11.5. The molecule has 1 aromatic heterocycles. The summed E-state index contributed by atoms with van der Waals surface area (Å²) in [6.45, 7) is 9.03. The van der Waals surface area contributed by atoms with Crippen LogP contribution >= 0.6 is 0 Å². The molecule has 0 bridgehead atoms. The third kappa shape index (κ3) is 2.97. The summed E-state index contributed by atoms with van der Waals surface area (Å²) in [6, 6.07) is 1.37. The van der Waals surface area contributed by atoms with Crippen molar-refractivity contribution in [1.29, 1.82) is 0 Å². The Morgan fingerprint density at radius 3 is 2.03 bits per heavy atom. The molecule has 38 heavy (non-hydrogen) atoms. The fraction of sp³-hybridized carbons (Fsp3) is 0.267. The van der Waals surface area contributed by atoms with Crippen LogP contribution in [0.2, 0.25) is 0 Å². The summed E-state index contributed by atoms with van der Waals surface area (Å²) in [4.78, 5) is 3.31. The number of anilines is 1. The van der Waals surface area contributed by atoms with Crippen LogP contribution in [-0.4, -0.2) is 35.6 Å². The first-order valence-electron chi connectivity index (χ1n) is 12.5. The van der Waals surface area contributed by atoms with Gasteiger partial charge in [-0.2, -0.15) is 0 Å². The normalized spacial score (nSPS) is 16.0. The Hall–Kier alpha value is -4.46. The zero-order chi connectivity index (χ0) is 27.4. The molecule has 1 aliphatic heterocycles. The first-order valence-corrected chi connectivity index (χ1v) is 12.5. The number of hydrogen-bond acceptors (Lipinski definition) is 7. The predicted molar refractivity (Wildman–Crippen MR) is 147 cm³/mol. The number of H-pyrrole nitrogens is 1. The van der Waals surface area contributed by atoms with E-state index >= 15 is 0 Å². The summed E-state index contributed by atoms with van der Waals surface area (Å²) >= 11 is 0. The second kappa shape index (κ2) is 7.77. The molecular formula is C30H30N2O6. The van der Waals surface area contributed by atoms with Crippen LogP contribution in [0.5, 0.6) is 34.5 Å². The number of aromatic amines is 1. The lowest BCUT2D eigenvalue weighted by Gasteiger charge is -2.21. The number of hydrogen-bond donors (Lipinski definition) is 8. The van der Waals surface area contributed by atoms with Crippen molar-refractivity contribution < 1.29 is 30.6 Å². The SMILES string of the molecule is CC1=Cc2c(c(C)c(O)c(O)c2-c2c(O)c(O)c(C3Cc4c(C)c(O)c(O)c(C)c4N3)c3[nH]c(C)cc23)C1. The molecule has 0 radical (unpaired) electrons. The summed E-state index contributed by atoms with van der Waals surface area (Å²) in [5.41, 5.74) is 8.08. The Morgan fingerprint density at radius 2 is 1.32 bits per heavy atom. The molecule has 1 aliphatic carbocycles. The second-order valence-electron chi connectivity index (χ2n) is 10.7. The zero-order valence-corrected chi connectivity index (χ0v) is 21.8. The lowest BCUT2D eigenvalue weighted by atomic mass is 9.87. The highest BCUT2D eigenvalue weighted by Crippen LogP contribution is 2.57. The van der Waals surface area contributed by atoms with E-state index in [0.29, 0.717) is 57.2 Å². The van der Waals surface area contributed by atoms with E-state index in [4.69, 9.17) is 0 Å². The number of aryl methyl sites for hydroxylation is 1. The number of aromatic nitrogens is 1. The first-order chi connectivity index (χ1) is 17.9. The number of aromatic hydroxyl groups is 6. The van der Waals surface area contributed by atoms with Crippen molar-refractivity contribution in [2.24, 2.45) is 0 Å². The maximum absolute atomic E-state index is 11.5. The van der Waals surface area contributed by atoms with Gasteiger partial charge in [-0.25, -0.2) is 0 Å². The molecule has 1 unspecified atom stereocenters. The molecule has 2 heterocycles. The van der Waals surface area contributed by atoms with Crippen molar-refractivity contribution in [3.8, 4) is 45.6 Å². The standard InChI is InChI=1S/C30H30N2O6/c1-10-6-15-12(3)26(34)28(36)20(17(15)7-10)21-18-8-11(2)31-24(18)22(30(38)29(21)37)19-9-16-13(4)25(33)27(35)14(5)23(16)32-19/h7-8,19,31-38H,6,9H2,1-5H3. The molecule has 8 N–H and O–H groups in total. The van der Waals surface area contributed by atoms with Crippen molar-refractivity contribution in [2.45, 2.75) is 53.5 Å². The van der Waals surface area contributed by atoms with E-state index in [1.54, 1.807) is 20.8 Å². The number of phenols is 6. The Kier molecular flexibility index (Phi) is 4.89. The van der Waals surface area contributed by atoms with Crippen LogP contribution in [-0.2, 0) is 12.8 Å². The number of nitrogens with one attached hydrogen (secondary N) is 2. The molecule has 2 aliphatic rings. The smallest absolute Gasteiger partial charge is 0.166 e. The van der Waals surface area contributed by atoms with Gasteiger partial charge in [0.05, 0.1) is 11.6 Å². The molecule has 0 saturated carbocycles. The molecule has 0 spiro atoms. The minimum absolute atomic E-state index is 0.168. The Labute approximate surface area is 219 Å². The molecule has 0 amide bonds. The van der Waals surface area contributed by atoms with Crippen molar-refractivity contribution in [1.82, 2.24) is 4.98 Å². The van der Waals surface area contributed by atoms with Crippen LogP contribution < -0.4 is 5.32 Å². The van der Waals surface area contributed by atoms with Gasteiger partial charge < -0.3 is 40.9 Å². The van der Waals surface area contributed by atoms with E-state index < -0.39 is 11.8 Å². The van der Waals surface area contributed by atoms with Crippen molar-refractivity contribution in [3.05, 3.63) is 56.3 Å². The van der Waals surface area contributed by atoms with Gasteiger partial charge in [-0.3, -0.25) is 0 Å². The van der Waals surface area contributed by atoms with Gasteiger partial charge in [0, 0.05) is 39.0 Å². The number of fused-ring (bicyclic) bond motifs is 3. The van der Waals surface area contributed by atoms with E-state index in [0.717, 1.165) is 22.4 Å². The summed E-state index contributed by atoms with van der Waals surface area (Å²) in [5, 5.41) is 69.6. The molecule has 0 fully saturated rings. The minimum Gasteiger partial charge on any atom is -0.504 e. The van der Waals surface area contributed by atoms with Crippen LogP contribution in [0.25, 0.3) is 28.1 Å². The average Bonchev–Trinajstić information content (AvgIpc) is 3.59. The molecule has 8 heteroatoms. The summed E-state index contributed by atoms with van der Waals surface area (Å²) in [5.74, 6) is -1.71. The monoisotopic (exact) mass is 514 g/mol. The molecule has 196 valence electrons. The number of allylic oxidation sites excluding steroid dienone is 1. The second-order valence-corrected chi connectivity index (χ2v) is 10.7.